The third-order valence-corrected chi connectivity index (χ3v) is 8.31. The number of hydrogen-bond donors (Lipinski definition) is 3. The second kappa shape index (κ2) is 14.7. The highest BCUT2D eigenvalue weighted by Gasteiger charge is 2.39. The van der Waals surface area contributed by atoms with Gasteiger partial charge in [0.2, 0.25) is 5.91 Å². The number of carboxylic acids is 1. The molecule has 2 heterocycles. The minimum Gasteiger partial charge on any atom is -0.481 e. The van der Waals surface area contributed by atoms with Gasteiger partial charge in [0, 0.05) is 62.9 Å². The topological polar surface area (TPSA) is 112 Å². The quantitative estimate of drug-likeness (QED) is 0.299. The largest absolute Gasteiger partial charge is 0.481 e. The Hall–Kier alpha value is -3.60. The Morgan fingerprint density at radius 2 is 1.47 bits per heavy atom. The molecule has 0 bridgehead atoms. The average Bonchev–Trinajstić information content (AvgIpc) is 3.03. The van der Waals surface area contributed by atoms with Crippen LogP contribution in [-0.2, 0) is 32.2 Å². The number of carbonyl (C=O) groups is 2. The highest BCUT2D eigenvalue weighted by molar-refractivity contribution is 5.92. The van der Waals surface area contributed by atoms with E-state index in [1.165, 1.54) is 5.56 Å². The van der Waals surface area contributed by atoms with Crippen molar-refractivity contribution in [2.75, 3.05) is 38.0 Å². The zero-order valence-electron chi connectivity index (χ0n) is 24.6. The maximum absolute atomic E-state index is 12.1. The van der Waals surface area contributed by atoms with Crippen LogP contribution < -0.4 is 5.32 Å². The van der Waals surface area contributed by atoms with Gasteiger partial charge < -0.3 is 25.0 Å². The SMILES string of the molecule is CC1C(CN2CCN(Cc3ccccc3)CC2)OC(c2ccc(NC(=O)CCC(=O)O)cc2)OC1c1ccc(CO)cc1. The molecule has 43 heavy (non-hydrogen) atoms. The van der Waals surface area contributed by atoms with Crippen molar-refractivity contribution in [2.45, 2.75) is 51.4 Å². The van der Waals surface area contributed by atoms with Crippen LogP contribution in [-0.4, -0.2) is 70.7 Å². The summed E-state index contributed by atoms with van der Waals surface area (Å²) in [6.45, 7) is 7.86. The Morgan fingerprint density at radius 3 is 2.12 bits per heavy atom. The van der Waals surface area contributed by atoms with E-state index in [0.29, 0.717) is 5.69 Å². The van der Waals surface area contributed by atoms with Gasteiger partial charge in [-0.25, -0.2) is 0 Å². The Kier molecular flexibility index (Phi) is 10.6. The molecule has 2 aliphatic heterocycles. The summed E-state index contributed by atoms with van der Waals surface area (Å²) in [5.74, 6) is -1.26. The van der Waals surface area contributed by atoms with E-state index in [-0.39, 0.29) is 43.5 Å². The first-order chi connectivity index (χ1) is 20.9. The minimum absolute atomic E-state index is 0.00877. The minimum atomic E-state index is -1.00. The van der Waals surface area contributed by atoms with Gasteiger partial charge in [-0.3, -0.25) is 19.4 Å². The number of nitrogens with one attached hydrogen (secondary N) is 1. The number of ether oxygens (including phenoxy) is 2. The molecule has 2 saturated heterocycles. The molecule has 228 valence electrons. The smallest absolute Gasteiger partial charge is 0.303 e. The van der Waals surface area contributed by atoms with Gasteiger partial charge in [-0.05, 0) is 28.8 Å². The van der Waals surface area contributed by atoms with E-state index < -0.39 is 12.3 Å². The lowest BCUT2D eigenvalue weighted by atomic mass is 9.90. The average molecular weight is 588 g/mol. The van der Waals surface area contributed by atoms with E-state index in [1.807, 2.05) is 36.4 Å². The van der Waals surface area contributed by atoms with E-state index in [4.69, 9.17) is 14.6 Å². The summed E-state index contributed by atoms with van der Waals surface area (Å²) in [5.41, 5.74) is 4.65. The molecule has 0 saturated carbocycles. The molecule has 9 nitrogen and oxygen atoms in total. The molecule has 0 spiro atoms. The summed E-state index contributed by atoms with van der Waals surface area (Å²) in [4.78, 5) is 27.8. The van der Waals surface area contributed by atoms with E-state index in [9.17, 15) is 14.7 Å². The molecule has 4 unspecified atom stereocenters. The normalized spacial score (nSPS) is 23.1. The van der Waals surface area contributed by atoms with Crippen molar-refractivity contribution in [3.05, 3.63) is 101 Å². The molecule has 3 aromatic rings. The van der Waals surface area contributed by atoms with Crippen LogP contribution >= 0.6 is 0 Å². The number of anilines is 1. The van der Waals surface area contributed by atoms with Crippen LogP contribution in [0.2, 0.25) is 0 Å². The van der Waals surface area contributed by atoms with Crippen LogP contribution in [0.5, 0.6) is 0 Å². The summed E-state index contributed by atoms with van der Waals surface area (Å²) in [6, 6.07) is 25.8. The molecule has 3 aromatic carbocycles. The van der Waals surface area contributed by atoms with Gasteiger partial charge in [0.15, 0.2) is 6.29 Å². The fourth-order valence-electron chi connectivity index (χ4n) is 5.72. The van der Waals surface area contributed by atoms with Crippen LogP contribution in [0.1, 0.15) is 54.4 Å². The zero-order valence-corrected chi connectivity index (χ0v) is 24.6. The fraction of sp³-hybridized carbons (Fsp3) is 0.412. The molecular formula is C34H41N3O6. The van der Waals surface area contributed by atoms with Crippen molar-refractivity contribution >= 4 is 17.6 Å². The van der Waals surface area contributed by atoms with Crippen molar-refractivity contribution in [3.8, 4) is 0 Å². The first-order valence-electron chi connectivity index (χ1n) is 15.0. The first-order valence-corrected chi connectivity index (χ1v) is 15.0. The predicted molar refractivity (Wildman–Crippen MR) is 163 cm³/mol. The van der Waals surface area contributed by atoms with Crippen LogP contribution in [0.25, 0.3) is 0 Å². The second-order valence-electron chi connectivity index (χ2n) is 11.4. The Labute approximate surface area is 253 Å². The third kappa shape index (κ3) is 8.49. The maximum Gasteiger partial charge on any atom is 0.303 e. The lowest BCUT2D eigenvalue weighted by Crippen LogP contribution is -2.51. The third-order valence-electron chi connectivity index (χ3n) is 8.31. The highest BCUT2D eigenvalue weighted by atomic mass is 16.7. The van der Waals surface area contributed by atoms with Gasteiger partial charge in [-0.2, -0.15) is 0 Å². The number of hydrogen-bond acceptors (Lipinski definition) is 7. The molecule has 3 N–H and O–H groups in total. The molecule has 9 heteroatoms. The maximum atomic E-state index is 12.1. The zero-order chi connectivity index (χ0) is 30.2. The summed E-state index contributed by atoms with van der Waals surface area (Å²) in [6.07, 6.45) is -1.16. The van der Waals surface area contributed by atoms with Gasteiger partial charge in [-0.15, -0.1) is 0 Å². The summed E-state index contributed by atoms with van der Waals surface area (Å²) in [7, 11) is 0. The molecule has 2 aliphatic rings. The van der Waals surface area contributed by atoms with Crippen LogP contribution in [0.3, 0.4) is 0 Å². The molecule has 0 radical (unpaired) electrons. The van der Waals surface area contributed by atoms with E-state index in [0.717, 1.165) is 56.0 Å². The van der Waals surface area contributed by atoms with Gasteiger partial charge in [0.05, 0.1) is 25.2 Å². The molecule has 2 fully saturated rings. The standard InChI is InChI=1S/C34H41N3O6/c1-24-30(22-37-19-17-36(18-20-37)21-25-5-3-2-4-6-25)42-34(43-33(24)27-9-7-26(23-38)8-10-27)28-11-13-29(14-12-28)35-31(39)15-16-32(40)41/h2-14,24,30,33-34,38H,15-23H2,1H3,(H,35,39)(H,40,41). The summed E-state index contributed by atoms with van der Waals surface area (Å²) in [5, 5.41) is 21.1. The second-order valence-corrected chi connectivity index (χ2v) is 11.4. The lowest BCUT2D eigenvalue weighted by Gasteiger charge is -2.44. The number of carbonyl (C=O) groups excluding carboxylic acids is 1. The number of aliphatic hydroxyl groups is 1. The van der Waals surface area contributed by atoms with Gasteiger partial charge in [0.1, 0.15) is 0 Å². The van der Waals surface area contributed by atoms with Crippen molar-refractivity contribution in [3.63, 3.8) is 0 Å². The molecule has 5 rings (SSSR count). The molecule has 0 aliphatic carbocycles. The van der Waals surface area contributed by atoms with Crippen LogP contribution in [0.4, 0.5) is 5.69 Å². The lowest BCUT2D eigenvalue weighted by molar-refractivity contribution is -0.276. The molecule has 0 aromatic heterocycles. The van der Waals surface area contributed by atoms with E-state index in [1.54, 1.807) is 12.1 Å². The number of amides is 1. The molecule has 1 amide bonds. The Morgan fingerprint density at radius 1 is 0.814 bits per heavy atom. The number of aliphatic carboxylic acids is 1. The number of rotatable bonds is 11. The number of piperazine rings is 1. The summed E-state index contributed by atoms with van der Waals surface area (Å²) < 4.78 is 13.2. The van der Waals surface area contributed by atoms with Crippen molar-refractivity contribution in [2.24, 2.45) is 5.92 Å². The summed E-state index contributed by atoms with van der Waals surface area (Å²) >= 11 is 0. The molecular weight excluding hydrogens is 546 g/mol. The van der Waals surface area contributed by atoms with E-state index >= 15 is 0 Å². The Balaban J connectivity index is 1.26. The van der Waals surface area contributed by atoms with Crippen molar-refractivity contribution in [1.29, 1.82) is 0 Å². The highest BCUT2D eigenvalue weighted by Crippen LogP contribution is 2.42. The van der Waals surface area contributed by atoms with Crippen molar-refractivity contribution in [1.82, 2.24) is 9.80 Å². The van der Waals surface area contributed by atoms with Crippen LogP contribution in [0.15, 0.2) is 78.9 Å². The Bertz CT molecular complexity index is 1330. The number of benzene rings is 3. The number of carboxylic acid groups (broad SMARTS) is 1. The first kappa shape index (κ1) is 30.8. The monoisotopic (exact) mass is 587 g/mol. The van der Waals surface area contributed by atoms with Gasteiger partial charge >= 0.3 is 5.97 Å². The van der Waals surface area contributed by atoms with Crippen molar-refractivity contribution < 1.29 is 29.3 Å². The number of aliphatic hydroxyl groups excluding tert-OH is 1. The molecule has 4 atom stereocenters. The fourth-order valence-corrected chi connectivity index (χ4v) is 5.72. The predicted octanol–water partition coefficient (Wildman–Crippen LogP) is 4.59. The van der Waals surface area contributed by atoms with Gasteiger partial charge in [-0.1, -0.05) is 73.7 Å². The van der Waals surface area contributed by atoms with Gasteiger partial charge in [0.25, 0.3) is 0 Å². The van der Waals surface area contributed by atoms with E-state index in [2.05, 4.69) is 52.4 Å². The van der Waals surface area contributed by atoms with Crippen LogP contribution in [0, 0.1) is 5.92 Å². The number of nitrogens with zero attached hydrogens (tertiary/aromatic N) is 2.